The average molecular weight is 214 g/mol. The van der Waals surface area contributed by atoms with Crippen molar-refractivity contribution in [3.05, 3.63) is 22.5 Å². The predicted octanol–water partition coefficient (Wildman–Crippen LogP) is -0.798. The molecular weight excluding hydrogens is 210 g/mol. The summed E-state index contributed by atoms with van der Waals surface area (Å²) in [5, 5.41) is 6.37. The van der Waals surface area contributed by atoms with Crippen molar-refractivity contribution in [2.45, 2.75) is 0 Å². The summed E-state index contributed by atoms with van der Waals surface area (Å²) < 4.78 is 2.12. The lowest BCUT2D eigenvalue weighted by Crippen LogP contribution is -2.27. The molecule has 0 saturated heterocycles. The summed E-state index contributed by atoms with van der Waals surface area (Å²) in [6.07, 6.45) is 1.18. The lowest BCUT2D eigenvalue weighted by molar-refractivity contribution is 0.107. The predicted molar refractivity (Wildman–Crippen MR) is 46.2 cm³/mol. The van der Waals surface area contributed by atoms with Gasteiger partial charge in [-0.2, -0.15) is 4.68 Å². The average Bonchev–Trinajstić information content (AvgIpc) is 2.55. The van der Waals surface area contributed by atoms with Gasteiger partial charge in [0.25, 0.3) is 5.24 Å². The van der Waals surface area contributed by atoms with Crippen molar-refractivity contribution in [1.82, 2.24) is 24.4 Å². The highest BCUT2D eigenvalue weighted by molar-refractivity contribution is 6.68. The van der Waals surface area contributed by atoms with E-state index in [4.69, 9.17) is 11.6 Å². The number of imidazole rings is 1. The van der Waals surface area contributed by atoms with E-state index in [1.807, 2.05) is 0 Å². The molecule has 72 valence electrons. The molecule has 0 saturated carbocycles. The molecule has 0 spiro atoms. The van der Waals surface area contributed by atoms with Crippen LogP contribution in [0.1, 0.15) is 10.5 Å². The number of carbonyl (C=O) groups is 1. The number of halogens is 1. The van der Waals surface area contributed by atoms with Gasteiger partial charge in [0, 0.05) is 7.05 Å². The number of aromatic nitrogens is 5. The fraction of sp³-hybridized carbons (Fsp3) is 0.167. The van der Waals surface area contributed by atoms with Crippen LogP contribution in [0.3, 0.4) is 0 Å². The highest BCUT2D eigenvalue weighted by Crippen LogP contribution is 2.05. The van der Waals surface area contributed by atoms with Crippen LogP contribution in [0.2, 0.25) is 0 Å². The molecule has 0 aromatic carbocycles. The Morgan fingerprint density at radius 2 is 2.29 bits per heavy atom. The van der Waals surface area contributed by atoms with E-state index in [0.717, 1.165) is 9.08 Å². The second-order valence-corrected chi connectivity index (χ2v) is 2.90. The van der Waals surface area contributed by atoms with Crippen LogP contribution in [0.4, 0.5) is 0 Å². The minimum atomic E-state index is -0.768. The van der Waals surface area contributed by atoms with Gasteiger partial charge >= 0.3 is 5.69 Å². The number of fused-ring (bicyclic) bond motifs is 1. The molecule has 0 fully saturated rings. The van der Waals surface area contributed by atoms with Crippen LogP contribution in [-0.4, -0.2) is 29.6 Å². The summed E-state index contributed by atoms with van der Waals surface area (Å²) in [5.41, 5.74) is -0.448. The molecule has 0 aliphatic carbocycles. The largest absolute Gasteiger partial charge is 0.352 e. The third-order valence-electron chi connectivity index (χ3n) is 1.68. The van der Waals surface area contributed by atoms with Crippen LogP contribution >= 0.6 is 11.6 Å². The van der Waals surface area contributed by atoms with E-state index in [0.29, 0.717) is 0 Å². The number of hydrogen-bond acceptors (Lipinski definition) is 5. The van der Waals surface area contributed by atoms with Gasteiger partial charge in [-0.15, -0.1) is 5.10 Å². The number of carbonyl (C=O) groups excluding carboxylic acids is 1. The second-order valence-electron chi connectivity index (χ2n) is 2.56. The Hall–Kier alpha value is -1.76. The van der Waals surface area contributed by atoms with Crippen molar-refractivity contribution in [3.8, 4) is 0 Å². The van der Waals surface area contributed by atoms with Crippen molar-refractivity contribution in [1.29, 1.82) is 0 Å². The Balaban J connectivity index is 2.91. The SMILES string of the molecule is Cn1nnc2c(C(=O)Cl)ncn2c1=O. The molecule has 2 aromatic rings. The highest BCUT2D eigenvalue weighted by atomic mass is 35.5. The molecule has 0 aliphatic rings. The molecule has 0 radical (unpaired) electrons. The highest BCUT2D eigenvalue weighted by Gasteiger charge is 2.14. The first-order valence-corrected chi connectivity index (χ1v) is 3.96. The number of rotatable bonds is 1. The number of aryl methyl sites for hydroxylation is 1. The molecule has 0 N–H and O–H groups in total. The van der Waals surface area contributed by atoms with Crippen LogP contribution in [0.25, 0.3) is 5.65 Å². The topological polar surface area (TPSA) is 82.2 Å². The van der Waals surface area contributed by atoms with Crippen molar-refractivity contribution in [3.63, 3.8) is 0 Å². The molecule has 2 rings (SSSR count). The third-order valence-corrected chi connectivity index (χ3v) is 1.86. The molecular formula is C6H4ClN5O2. The van der Waals surface area contributed by atoms with Gasteiger partial charge in [-0.25, -0.2) is 14.2 Å². The summed E-state index contributed by atoms with van der Waals surface area (Å²) in [4.78, 5) is 25.9. The molecule has 0 atom stereocenters. The molecule has 0 unspecified atom stereocenters. The quantitative estimate of drug-likeness (QED) is 0.580. The maximum Gasteiger partial charge on any atom is 0.352 e. The minimum Gasteiger partial charge on any atom is -0.274 e. The fourth-order valence-corrected chi connectivity index (χ4v) is 1.15. The molecule has 8 heteroatoms. The Morgan fingerprint density at radius 3 is 2.93 bits per heavy atom. The Labute approximate surface area is 81.9 Å². The first kappa shape index (κ1) is 8.82. The standard InChI is InChI=1S/C6H4ClN5O2/c1-11-6(14)12-2-8-3(4(7)13)5(12)9-10-11/h2H,1H3. The summed E-state index contributed by atoms with van der Waals surface area (Å²) in [6.45, 7) is 0. The monoisotopic (exact) mass is 213 g/mol. The Bertz CT molecular complexity index is 571. The van der Waals surface area contributed by atoms with Crippen LogP contribution in [0.15, 0.2) is 11.1 Å². The summed E-state index contributed by atoms with van der Waals surface area (Å²) in [5.74, 6) is 0. The van der Waals surface area contributed by atoms with Gasteiger partial charge < -0.3 is 0 Å². The smallest absolute Gasteiger partial charge is 0.274 e. The van der Waals surface area contributed by atoms with E-state index in [1.54, 1.807) is 0 Å². The van der Waals surface area contributed by atoms with Gasteiger partial charge in [-0.05, 0) is 11.6 Å². The van der Waals surface area contributed by atoms with E-state index in [2.05, 4.69) is 15.3 Å². The first-order valence-electron chi connectivity index (χ1n) is 3.58. The van der Waals surface area contributed by atoms with E-state index >= 15 is 0 Å². The number of hydrogen-bond donors (Lipinski definition) is 0. The van der Waals surface area contributed by atoms with Crippen molar-refractivity contribution in [2.75, 3.05) is 0 Å². The minimum absolute atomic E-state index is 0.0631. The van der Waals surface area contributed by atoms with Crippen molar-refractivity contribution in [2.24, 2.45) is 7.05 Å². The van der Waals surface area contributed by atoms with E-state index in [9.17, 15) is 9.59 Å². The Morgan fingerprint density at radius 1 is 1.57 bits per heavy atom. The zero-order valence-electron chi connectivity index (χ0n) is 7.01. The summed E-state index contributed by atoms with van der Waals surface area (Å²) in [7, 11) is 1.44. The van der Waals surface area contributed by atoms with Gasteiger partial charge in [0.1, 0.15) is 6.33 Å². The van der Waals surface area contributed by atoms with E-state index in [-0.39, 0.29) is 11.3 Å². The van der Waals surface area contributed by atoms with Gasteiger partial charge in [-0.3, -0.25) is 4.79 Å². The Kier molecular flexibility index (Phi) is 1.81. The molecule has 7 nitrogen and oxygen atoms in total. The fourth-order valence-electron chi connectivity index (χ4n) is 1.02. The maximum absolute atomic E-state index is 11.4. The third kappa shape index (κ3) is 1.10. The lowest BCUT2D eigenvalue weighted by Gasteiger charge is -1.94. The second kappa shape index (κ2) is 2.88. The molecule has 0 bridgehead atoms. The molecule has 2 aromatic heterocycles. The molecule has 14 heavy (non-hydrogen) atoms. The van der Waals surface area contributed by atoms with Crippen LogP contribution < -0.4 is 5.69 Å². The van der Waals surface area contributed by atoms with Gasteiger partial charge in [-0.1, -0.05) is 5.21 Å². The van der Waals surface area contributed by atoms with Crippen molar-refractivity contribution < 1.29 is 4.79 Å². The van der Waals surface area contributed by atoms with Crippen LogP contribution in [-0.2, 0) is 7.05 Å². The van der Waals surface area contributed by atoms with Crippen LogP contribution in [0.5, 0.6) is 0 Å². The normalized spacial score (nSPS) is 10.7. The van der Waals surface area contributed by atoms with E-state index in [1.165, 1.54) is 13.4 Å². The summed E-state index contributed by atoms with van der Waals surface area (Å²) in [6, 6.07) is 0. The number of nitrogens with zero attached hydrogens (tertiary/aromatic N) is 5. The molecule has 0 amide bonds. The van der Waals surface area contributed by atoms with Crippen LogP contribution in [0, 0.1) is 0 Å². The zero-order valence-corrected chi connectivity index (χ0v) is 7.76. The summed E-state index contributed by atoms with van der Waals surface area (Å²) >= 11 is 5.22. The first-order chi connectivity index (χ1) is 6.61. The van der Waals surface area contributed by atoms with Gasteiger partial charge in [0.15, 0.2) is 11.3 Å². The lowest BCUT2D eigenvalue weighted by atomic mass is 10.5. The molecule has 0 aliphatic heterocycles. The maximum atomic E-state index is 11.4. The van der Waals surface area contributed by atoms with Gasteiger partial charge in [0.05, 0.1) is 0 Å². The van der Waals surface area contributed by atoms with E-state index < -0.39 is 10.9 Å². The zero-order chi connectivity index (χ0) is 10.3. The van der Waals surface area contributed by atoms with Crippen molar-refractivity contribution >= 4 is 22.5 Å². The molecule has 2 heterocycles. The van der Waals surface area contributed by atoms with Gasteiger partial charge in [0.2, 0.25) is 0 Å².